The van der Waals surface area contributed by atoms with E-state index >= 15 is 0 Å². The predicted molar refractivity (Wildman–Crippen MR) is 43.6 cm³/mol. The van der Waals surface area contributed by atoms with E-state index in [4.69, 9.17) is 0 Å². The summed E-state index contributed by atoms with van der Waals surface area (Å²) in [5, 5.41) is 1.52. The van der Waals surface area contributed by atoms with Gasteiger partial charge in [-0.05, 0) is 0 Å². The quantitative estimate of drug-likeness (QED) is 0.514. The lowest BCUT2D eigenvalue weighted by molar-refractivity contribution is 1.74. The Labute approximate surface area is 58.1 Å². The number of hydrogen-bond acceptors (Lipinski definition) is 0. The van der Waals surface area contributed by atoms with Crippen molar-refractivity contribution in [2.24, 2.45) is 0 Å². The predicted octanol–water partition coefficient (Wildman–Crippen LogP) is 1.65. The van der Waals surface area contributed by atoms with E-state index in [-0.39, 0.29) is 8.80 Å². The lowest BCUT2D eigenvalue weighted by atomic mass is 10.4. The van der Waals surface area contributed by atoms with Gasteiger partial charge in [-0.3, -0.25) is 0 Å². The maximum Gasteiger partial charge on any atom is 0.0791 e. The molecule has 0 aromatic heterocycles. The van der Waals surface area contributed by atoms with Crippen LogP contribution in [-0.4, -0.2) is 8.80 Å². The number of hydrogen-bond donors (Lipinski definition) is 0. The number of rotatable bonds is 1. The minimum absolute atomic E-state index is 0.212. The fourth-order valence-electron chi connectivity index (χ4n) is 0.771. The van der Waals surface area contributed by atoms with Crippen molar-refractivity contribution in [2.75, 3.05) is 0 Å². The van der Waals surface area contributed by atoms with E-state index in [0.717, 1.165) is 0 Å². The van der Waals surface area contributed by atoms with Crippen molar-refractivity contribution in [2.45, 2.75) is 13.1 Å². The summed E-state index contributed by atoms with van der Waals surface area (Å²) in [4.78, 5) is 0. The van der Waals surface area contributed by atoms with Crippen LogP contribution >= 0.6 is 0 Å². The molecule has 0 aliphatic carbocycles. The molecule has 9 heavy (non-hydrogen) atoms. The Morgan fingerprint density at radius 2 is 1.56 bits per heavy atom. The highest BCUT2D eigenvalue weighted by Crippen LogP contribution is 1.85. The maximum atomic E-state index is 2.31. The largest absolute Gasteiger partial charge is 0.0791 e. The Balaban J connectivity index is 2.85. The van der Waals surface area contributed by atoms with E-state index in [1.165, 1.54) is 5.19 Å². The molecule has 1 radical (unpaired) electrons. The lowest BCUT2D eigenvalue weighted by Crippen LogP contribution is -2.21. The second kappa shape index (κ2) is 2.83. The van der Waals surface area contributed by atoms with Gasteiger partial charge in [-0.25, -0.2) is 0 Å². The van der Waals surface area contributed by atoms with Gasteiger partial charge in [0.15, 0.2) is 0 Å². The molecule has 1 heteroatoms. The summed E-state index contributed by atoms with van der Waals surface area (Å²) in [7, 11) is -0.212. The fourth-order valence-corrected chi connectivity index (χ4v) is 1.63. The van der Waals surface area contributed by atoms with Crippen molar-refractivity contribution in [1.29, 1.82) is 0 Å². The second-order valence-electron chi connectivity index (χ2n) is 2.37. The van der Waals surface area contributed by atoms with Gasteiger partial charge in [0, 0.05) is 0 Å². The van der Waals surface area contributed by atoms with Gasteiger partial charge in [-0.1, -0.05) is 48.6 Å². The zero-order valence-electron chi connectivity index (χ0n) is 5.89. The lowest BCUT2D eigenvalue weighted by Gasteiger charge is -1.99. The monoisotopic (exact) mass is 135 g/mol. The molecule has 0 N–H and O–H groups in total. The van der Waals surface area contributed by atoms with Crippen molar-refractivity contribution in [3.8, 4) is 0 Å². The van der Waals surface area contributed by atoms with Gasteiger partial charge in [0.05, 0.1) is 8.80 Å². The topological polar surface area (TPSA) is 0 Å². The van der Waals surface area contributed by atoms with Crippen molar-refractivity contribution < 1.29 is 0 Å². The van der Waals surface area contributed by atoms with Crippen molar-refractivity contribution in [1.82, 2.24) is 0 Å². The average molecular weight is 135 g/mol. The molecular formula is C8H11Si. The molecule has 0 fully saturated rings. The first-order chi connectivity index (χ1) is 4.30. The molecule has 1 aromatic carbocycles. The second-order valence-corrected chi connectivity index (χ2v) is 4.94. The summed E-state index contributed by atoms with van der Waals surface area (Å²) in [5.41, 5.74) is 0. The van der Waals surface area contributed by atoms with Crippen molar-refractivity contribution in [3.63, 3.8) is 0 Å². The summed E-state index contributed by atoms with van der Waals surface area (Å²) in [6.07, 6.45) is 0. The van der Waals surface area contributed by atoms with Gasteiger partial charge >= 0.3 is 0 Å². The van der Waals surface area contributed by atoms with Gasteiger partial charge < -0.3 is 0 Å². The van der Waals surface area contributed by atoms with Crippen LogP contribution in [0.2, 0.25) is 13.1 Å². The third kappa shape index (κ3) is 1.68. The normalized spacial score (nSPS) is 10.1. The van der Waals surface area contributed by atoms with Crippen LogP contribution in [0.1, 0.15) is 0 Å². The Hall–Kier alpha value is -0.563. The van der Waals surface area contributed by atoms with E-state index in [9.17, 15) is 0 Å². The summed E-state index contributed by atoms with van der Waals surface area (Å²) in [6, 6.07) is 10.7. The Morgan fingerprint density at radius 3 is 1.89 bits per heavy atom. The molecule has 1 rings (SSSR count). The molecule has 0 nitrogen and oxygen atoms in total. The molecule has 0 amide bonds. The van der Waals surface area contributed by atoms with Gasteiger partial charge in [0.25, 0.3) is 0 Å². The third-order valence-electron chi connectivity index (χ3n) is 1.35. The Bertz CT molecular complexity index is 167. The van der Waals surface area contributed by atoms with Crippen LogP contribution < -0.4 is 5.19 Å². The molecule has 0 unspecified atom stereocenters. The third-order valence-corrected chi connectivity index (χ3v) is 2.84. The van der Waals surface area contributed by atoms with E-state index < -0.39 is 0 Å². The van der Waals surface area contributed by atoms with E-state index in [1.54, 1.807) is 0 Å². The summed E-state index contributed by atoms with van der Waals surface area (Å²) < 4.78 is 0. The van der Waals surface area contributed by atoms with Crippen LogP contribution in [0.25, 0.3) is 0 Å². The molecule has 0 bridgehead atoms. The van der Waals surface area contributed by atoms with Crippen LogP contribution in [0, 0.1) is 0 Å². The standard InChI is InChI=1S/C8H11Si/c1-9(2)8-6-4-3-5-7-8/h3-7H,1-2H3. The van der Waals surface area contributed by atoms with Gasteiger partial charge in [0.2, 0.25) is 0 Å². The van der Waals surface area contributed by atoms with Crippen LogP contribution in [0.15, 0.2) is 30.3 Å². The molecule has 0 heterocycles. The highest BCUT2D eigenvalue weighted by molar-refractivity contribution is 6.70. The summed E-state index contributed by atoms with van der Waals surface area (Å²) >= 11 is 0. The molecule has 0 saturated heterocycles. The molecule has 0 aliphatic rings. The molecule has 0 spiro atoms. The highest BCUT2D eigenvalue weighted by Gasteiger charge is 1.95. The first kappa shape index (κ1) is 6.56. The number of benzene rings is 1. The molecule has 1 aromatic rings. The molecular weight excluding hydrogens is 124 g/mol. The van der Waals surface area contributed by atoms with Gasteiger partial charge in [-0.2, -0.15) is 0 Å². The van der Waals surface area contributed by atoms with Gasteiger partial charge in [-0.15, -0.1) is 0 Å². The fraction of sp³-hybridized carbons (Fsp3) is 0.250. The summed E-state index contributed by atoms with van der Waals surface area (Å²) in [5.74, 6) is 0. The first-order valence-corrected chi connectivity index (χ1v) is 5.66. The summed E-state index contributed by atoms with van der Waals surface area (Å²) in [6.45, 7) is 4.61. The van der Waals surface area contributed by atoms with Crippen molar-refractivity contribution >= 4 is 14.0 Å². The highest BCUT2D eigenvalue weighted by atomic mass is 28.3. The van der Waals surface area contributed by atoms with Crippen LogP contribution in [0.4, 0.5) is 0 Å². The zero-order chi connectivity index (χ0) is 6.69. The molecule has 0 aliphatic heterocycles. The zero-order valence-corrected chi connectivity index (χ0v) is 6.89. The first-order valence-electron chi connectivity index (χ1n) is 3.16. The minimum atomic E-state index is -0.212. The maximum absolute atomic E-state index is 2.31. The van der Waals surface area contributed by atoms with E-state index in [0.29, 0.717) is 0 Å². The van der Waals surface area contributed by atoms with E-state index in [1.807, 2.05) is 0 Å². The van der Waals surface area contributed by atoms with Crippen molar-refractivity contribution in [3.05, 3.63) is 30.3 Å². The SMILES string of the molecule is C[Si](C)c1ccccc1. The molecule has 47 valence electrons. The van der Waals surface area contributed by atoms with Crippen LogP contribution in [0.3, 0.4) is 0 Å². The van der Waals surface area contributed by atoms with Gasteiger partial charge in [0.1, 0.15) is 0 Å². The Kier molecular flexibility index (Phi) is 2.06. The average Bonchev–Trinajstić information content (AvgIpc) is 1.90. The Morgan fingerprint density at radius 1 is 1.00 bits per heavy atom. The molecule has 0 saturated carbocycles. The molecule has 0 atom stereocenters. The smallest absolute Gasteiger partial charge is 0.0671 e. The van der Waals surface area contributed by atoms with E-state index in [2.05, 4.69) is 43.4 Å². The minimum Gasteiger partial charge on any atom is -0.0671 e. The van der Waals surface area contributed by atoms with Crippen LogP contribution in [-0.2, 0) is 0 Å². The van der Waals surface area contributed by atoms with Crippen LogP contribution in [0.5, 0.6) is 0 Å².